The maximum Gasteiger partial charge on any atom is 0.159 e. The van der Waals surface area contributed by atoms with E-state index < -0.39 is 11.6 Å². The zero-order chi connectivity index (χ0) is 12.3. The second-order valence-corrected chi connectivity index (χ2v) is 4.21. The van der Waals surface area contributed by atoms with Gasteiger partial charge in [-0.05, 0) is 17.7 Å². The fraction of sp³-hybridized carbons (Fsp3) is 0.500. The highest BCUT2D eigenvalue weighted by molar-refractivity contribution is 5.85. The fourth-order valence-corrected chi connectivity index (χ4v) is 1.96. The highest BCUT2D eigenvalue weighted by Gasteiger charge is 2.19. The summed E-state index contributed by atoms with van der Waals surface area (Å²) in [6.45, 7) is 3.22. The molecule has 0 aromatic heterocycles. The van der Waals surface area contributed by atoms with Crippen LogP contribution in [-0.2, 0) is 11.3 Å². The molecule has 1 atom stereocenters. The first-order valence-electron chi connectivity index (χ1n) is 5.67. The van der Waals surface area contributed by atoms with E-state index in [2.05, 4.69) is 4.90 Å². The minimum absolute atomic E-state index is 0. The lowest BCUT2D eigenvalue weighted by molar-refractivity contribution is -0.0260. The van der Waals surface area contributed by atoms with E-state index in [0.717, 1.165) is 24.7 Å². The van der Waals surface area contributed by atoms with Gasteiger partial charge in [-0.1, -0.05) is 6.07 Å². The van der Waals surface area contributed by atoms with Crippen LogP contribution in [0, 0.1) is 11.6 Å². The summed E-state index contributed by atoms with van der Waals surface area (Å²) >= 11 is 0. The van der Waals surface area contributed by atoms with Crippen molar-refractivity contribution >= 4 is 24.8 Å². The van der Waals surface area contributed by atoms with Crippen molar-refractivity contribution in [3.8, 4) is 0 Å². The molecule has 0 saturated carbocycles. The SMILES string of the molecule is Cl.Cl.NCC1CN(Cc2ccc(F)c(F)c2)CCO1. The summed E-state index contributed by atoms with van der Waals surface area (Å²) in [6.07, 6.45) is 0.0362. The normalized spacial score (nSPS) is 19.4. The Morgan fingerprint density at radius 3 is 2.63 bits per heavy atom. The molecule has 3 nitrogen and oxygen atoms in total. The summed E-state index contributed by atoms with van der Waals surface area (Å²) in [6, 6.07) is 4.00. The molecule has 1 aromatic carbocycles. The van der Waals surface area contributed by atoms with Gasteiger partial charge in [-0.25, -0.2) is 8.78 Å². The van der Waals surface area contributed by atoms with Crippen molar-refractivity contribution in [2.75, 3.05) is 26.2 Å². The van der Waals surface area contributed by atoms with Crippen LogP contribution in [-0.4, -0.2) is 37.2 Å². The Balaban J connectivity index is 0.00000162. The van der Waals surface area contributed by atoms with Crippen molar-refractivity contribution < 1.29 is 13.5 Å². The van der Waals surface area contributed by atoms with Crippen LogP contribution >= 0.6 is 24.8 Å². The third-order valence-corrected chi connectivity index (χ3v) is 2.88. The maximum absolute atomic E-state index is 13.0. The van der Waals surface area contributed by atoms with Crippen molar-refractivity contribution in [3.63, 3.8) is 0 Å². The third-order valence-electron chi connectivity index (χ3n) is 2.88. The van der Waals surface area contributed by atoms with Gasteiger partial charge in [-0.2, -0.15) is 0 Å². The van der Waals surface area contributed by atoms with E-state index in [1.54, 1.807) is 6.07 Å². The average Bonchev–Trinajstić information content (AvgIpc) is 2.34. The molecule has 1 saturated heterocycles. The van der Waals surface area contributed by atoms with Gasteiger partial charge in [0.25, 0.3) is 0 Å². The van der Waals surface area contributed by atoms with E-state index in [1.807, 2.05) is 0 Å². The molecule has 110 valence electrons. The maximum atomic E-state index is 13.0. The average molecular weight is 315 g/mol. The van der Waals surface area contributed by atoms with Crippen LogP contribution in [0.1, 0.15) is 5.56 Å². The summed E-state index contributed by atoms with van der Waals surface area (Å²) in [7, 11) is 0. The highest BCUT2D eigenvalue weighted by Crippen LogP contribution is 2.13. The summed E-state index contributed by atoms with van der Waals surface area (Å²) in [5.74, 6) is -1.61. The molecule has 7 heteroatoms. The molecule has 2 N–H and O–H groups in total. The van der Waals surface area contributed by atoms with Crippen molar-refractivity contribution in [1.82, 2.24) is 4.90 Å². The van der Waals surface area contributed by atoms with Crippen LogP contribution in [0.25, 0.3) is 0 Å². The Bertz CT molecular complexity index is 396. The molecule has 1 aromatic rings. The third kappa shape index (κ3) is 5.20. The molecular weight excluding hydrogens is 297 g/mol. The van der Waals surface area contributed by atoms with Crippen molar-refractivity contribution in [3.05, 3.63) is 35.4 Å². The van der Waals surface area contributed by atoms with E-state index in [1.165, 1.54) is 6.07 Å². The molecule has 1 heterocycles. The molecule has 0 radical (unpaired) electrons. The lowest BCUT2D eigenvalue weighted by Crippen LogP contribution is -2.45. The second-order valence-electron chi connectivity index (χ2n) is 4.21. The first kappa shape index (κ1) is 18.5. The summed E-state index contributed by atoms with van der Waals surface area (Å²) < 4.78 is 31.2. The van der Waals surface area contributed by atoms with Crippen LogP contribution in [0.2, 0.25) is 0 Å². The molecule has 1 fully saturated rings. The first-order chi connectivity index (χ1) is 8.19. The summed E-state index contributed by atoms with van der Waals surface area (Å²) in [5.41, 5.74) is 6.31. The molecule has 0 aliphatic carbocycles. The van der Waals surface area contributed by atoms with E-state index in [4.69, 9.17) is 10.5 Å². The minimum Gasteiger partial charge on any atom is -0.374 e. The van der Waals surface area contributed by atoms with Gasteiger partial charge in [0.1, 0.15) is 0 Å². The number of morpholine rings is 1. The van der Waals surface area contributed by atoms with Crippen LogP contribution in [0.5, 0.6) is 0 Å². The van der Waals surface area contributed by atoms with Gasteiger partial charge in [0.2, 0.25) is 0 Å². The number of hydrogen-bond donors (Lipinski definition) is 1. The fourth-order valence-electron chi connectivity index (χ4n) is 1.96. The zero-order valence-electron chi connectivity index (χ0n) is 10.4. The standard InChI is InChI=1S/C12H16F2N2O.2ClH/c13-11-2-1-9(5-12(11)14)7-16-3-4-17-10(6-15)8-16;;/h1-2,5,10H,3-4,6-8,15H2;2*1H. The van der Waals surface area contributed by atoms with Crippen LogP contribution < -0.4 is 5.73 Å². The van der Waals surface area contributed by atoms with Gasteiger partial charge in [0.05, 0.1) is 12.7 Å². The summed E-state index contributed by atoms with van der Waals surface area (Å²) in [4.78, 5) is 2.13. The molecule has 1 aliphatic rings. The lowest BCUT2D eigenvalue weighted by Gasteiger charge is -2.32. The second kappa shape index (κ2) is 8.66. The quantitative estimate of drug-likeness (QED) is 0.927. The predicted molar refractivity (Wildman–Crippen MR) is 74.9 cm³/mol. The number of benzene rings is 1. The Morgan fingerprint density at radius 2 is 2.00 bits per heavy atom. The van der Waals surface area contributed by atoms with Gasteiger partial charge in [-0.15, -0.1) is 24.8 Å². The lowest BCUT2D eigenvalue weighted by atomic mass is 10.2. The van der Waals surface area contributed by atoms with Gasteiger partial charge in [0.15, 0.2) is 11.6 Å². The predicted octanol–water partition coefficient (Wildman–Crippen LogP) is 1.97. The Morgan fingerprint density at radius 1 is 1.26 bits per heavy atom. The Hall–Kier alpha value is -0.460. The Kier molecular flexibility index (Phi) is 8.45. The minimum atomic E-state index is -0.810. The molecule has 2 rings (SSSR count). The summed E-state index contributed by atoms with van der Waals surface area (Å²) in [5, 5.41) is 0. The number of nitrogens with two attached hydrogens (primary N) is 1. The number of hydrogen-bond acceptors (Lipinski definition) is 3. The zero-order valence-corrected chi connectivity index (χ0v) is 12.0. The van der Waals surface area contributed by atoms with E-state index in [9.17, 15) is 8.78 Å². The van der Waals surface area contributed by atoms with Gasteiger partial charge < -0.3 is 10.5 Å². The topological polar surface area (TPSA) is 38.5 Å². The monoisotopic (exact) mass is 314 g/mol. The Labute approximate surface area is 123 Å². The molecule has 19 heavy (non-hydrogen) atoms. The molecule has 0 spiro atoms. The molecule has 0 amide bonds. The van der Waals surface area contributed by atoms with Crippen molar-refractivity contribution in [2.45, 2.75) is 12.6 Å². The van der Waals surface area contributed by atoms with Crippen LogP contribution in [0.15, 0.2) is 18.2 Å². The molecule has 1 aliphatic heterocycles. The smallest absolute Gasteiger partial charge is 0.159 e. The van der Waals surface area contributed by atoms with Crippen LogP contribution in [0.4, 0.5) is 8.78 Å². The highest BCUT2D eigenvalue weighted by atomic mass is 35.5. The number of nitrogens with zero attached hydrogens (tertiary/aromatic N) is 1. The molecule has 0 bridgehead atoms. The van der Waals surface area contributed by atoms with E-state index in [-0.39, 0.29) is 30.9 Å². The first-order valence-corrected chi connectivity index (χ1v) is 5.67. The largest absolute Gasteiger partial charge is 0.374 e. The van der Waals surface area contributed by atoms with Crippen LogP contribution in [0.3, 0.4) is 0 Å². The van der Waals surface area contributed by atoms with Gasteiger partial charge in [0, 0.05) is 26.2 Å². The van der Waals surface area contributed by atoms with Gasteiger partial charge >= 0.3 is 0 Å². The molecule has 1 unspecified atom stereocenters. The van der Waals surface area contributed by atoms with Crippen molar-refractivity contribution in [2.24, 2.45) is 5.73 Å². The number of halogens is 4. The number of ether oxygens (including phenoxy) is 1. The van der Waals surface area contributed by atoms with E-state index in [0.29, 0.717) is 19.7 Å². The molecular formula is C12H18Cl2F2N2O. The van der Waals surface area contributed by atoms with E-state index >= 15 is 0 Å². The van der Waals surface area contributed by atoms with Crippen molar-refractivity contribution in [1.29, 1.82) is 0 Å². The number of rotatable bonds is 3. The van der Waals surface area contributed by atoms with Gasteiger partial charge in [-0.3, -0.25) is 4.90 Å².